The number of hydrogen-bond acceptors (Lipinski definition) is 1. The predicted octanol–water partition coefficient (Wildman–Crippen LogP) is 17.2. The molecule has 2 nitrogen and oxygen atoms in total. The Morgan fingerprint density at radius 2 is 0.862 bits per heavy atom. The summed E-state index contributed by atoms with van der Waals surface area (Å²) in [5.74, 6) is 0. The smallest absolute Gasteiger partial charge is 0.0546 e. The van der Waals surface area contributed by atoms with Crippen molar-refractivity contribution in [3.63, 3.8) is 0 Å². The van der Waals surface area contributed by atoms with Crippen molar-refractivity contribution in [2.24, 2.45) is 0 Å². The Labute approximate surface area is 381 Å². The maximum Gasteiger partial charge on any atom is 0.0546 e. The molecule has 10 aromatic carbocycles. The van der Waals surface area contributed by atoms with E-state index in [-0.39, 0.29) is 5.41 Å². The summed E-state index contributed by atoms with van der Waals surface area (Å²) in [6.07, 6.45) is 0. The van der Waals surface area contributed by atoms with Gasteiger partial charge in [-0.1, -0.05) is 202 Å². The number of nitrogens with zero attached hydrogens (tertiary/aromatic N) is 2. The molecule has 2 heteroatoms. The van der Waals surface area contributed by atoms with E-state index in [1.54, 1.807) is 0 Å². The molecule has 1 aromatic heterocycles. The van der Waals surface area contributed by atoms with Crippen LogP contribution in [0.4, 0.5) is 17.1 Å². The van der Waals surface area contributed by atoms with Gasteiger partial charge in [0.1, 0.15) is 0 Å². The third kappa shape index (κ3) is 6.32. The third-order valence-electron chi connectivity index (χ3n) is 13.6. The number of benzene rings is 10. The number of para-hydroxylation sites is 2. The highest BCUT2D eigenvalue weighted by Gasteiger charge is 2.36. The third-order valence-corrected chi connectivity index (χ3v) is 13.6. The largest absolute Gasteiger partial charge is 0.310 e. The van der Waals surface area contributed by atoms with Gasteiger partial charge in [0.25, 0.3) is 0 Å². The lowest BCUT2D eigenvalue weighted by atomic mass is 9.82. The second kappa shape index (κ2) is 15.6. The minimum absolute atomic E-state index is 0.0984. The van der Waals surface area contributed by atoms with Crippen molar-refractivity contribution >= 4 is 38.9 Å². The lowest BCUT2D eigenvalue weighted by Gasteiger charge is -2.30. The molecule has 0 atom stereocenters. The average molecular weight is 831 g/mol. The van der Waals surface area contributed by atoms with Crippen LogP contribution < -0.4 is 4.90 Å². The zero-order chi connectivity index (χ0) is 43.5. The van der Waals surface area contributed by atoms with Gasteiger partial charge in [-0.05, 0) is 116 Å². The zero-order valence-corrected chi connectivity index (χ0v) is 36.5. The maximum absolute atomic E-state index is 2.50. The second-order valence-electron chi connectivity index (χ2n) is 17.7. The first-order valence-corrected chi connectivity index (χ1v) is 22.6. The van der Waals surface area contributed by atoms with Crippen LogP contribution in [0.3, 0.4) is 0 Å². The number of aromatic nitrogens is 1. The summed E-state index contributed by atoms with van der Waals surface area (Å²) in [6.45, 7) is 4.72. The zero-order valence-electron chi connectivity index (χ0n) is 36.5. The normalized spacial score (nSPS) is 12.6. The fraction of sp³-hybridized carbons (Fsp3) is 0.0476. The summed E-state index contributed by atoms with van der Waals surface area (Å²) in [7, 11) is 0. The van der Waals surface area contributed by atoms with Gasteiger partial charge in [0.05, 0.1) is 16.7 Å². The van der Waals surface area contributed by atoms with Gasteiger partial charge in [0.15, 0.2) is 0 Å². The van der Waals surface area contributed by atoms with Gasteiger partial charge in [0.2, 0.25) is 0 Å². The molecule has 0 N–H and O–H groups in total. The molecule has 308 valence electrons. The number of anilines is 3. The quantitative estimate of drug-likeness (QED) is 0.148. The van der Waals surface area contributed by atoms with Crippen molar-refractivity contribution < 1.29 is 0 Å². The van der Waals surface area contributed by atoms with E-state index < -0.39 is 0 Å². The molecule has 1 heterocycles. The summed E-state index contributed by atoms with van der Waals surface area (Å²) < 4.78 is 2.40. The van der Waals surface area contributed by atoms with Crippen LogP contribution in [-0.2, 0) is 5.41 Å². The number of fused-ring (bicyclic) bond motifs is 6. The number of rotatable bonds is 8. The van der Waals surface area contributed by atoms with Gasteiger partial charge in [-0.3, -0.25) is 0 Å². The highest BCUT2D eigenvalue weighted by molar-refractivity contribution is 6.11. The van der Waals surface area contributed by atoms with E-state index in [2.05, 4.69) is 266 Å². The van der Waals surface area contributed by atoms with Crippen LogP contribution in [0.25, 0.3) is 83.1 Å². The molecular weight excluding hydrogens is 785 g/mol. The number of hydrogen-bond donors (Lipinski definition) is 0. The minimum atomic E-state index is -0.0984. The standard InChI is InChI=1S/C63H46N2/c1-63(2)56-35-16-14-32-54(56)61-51(33-19-36-57(61)63)45-25-18-28-47(41-45)64(48-39-40-59-55(42-48)52-30-15-17-37-58(52)65(59)46-26-10-5-11-27-46)60-38-20-34-50(44-23-8-4-9-24-44)62(60)53-31-13-12-29-49(53)43-21-6-3-7-22-43/h3-42H,1-2H3. The van der Waals surface area contributed by atoms with E-state index in [0.717, 1.165) is 22.7 Å². The van der Waals surface area contributed by atoms with E-state index >= 15 is 0 Å². The molecule has 1 aliphatic rings. The minimum Gasteiger partial charge on any atom is -0.310 e. The molecule has 0 saturated carbocycles. The Bertz CT molecular complexity index is 3560. The van der Waals surface area contributed by atoms with E-state index in [1.165, 1.54) is 88.6 Å². The van der Waals surface area contributed by atoms with Gasteiger partial charge < -0.3 is 9.47 Å². The van der Waals surface area contributed by atoms with Crippen molar-refractivity contribution in [3.05, 3.63) is 254 Å². The molecule has 0 fully saturated rings. The van der Waals surface area contributed by atoms with Crippen LogP contribution in [0.1, 0.15) is 25.0 Å². The first kappa shape index (κ1) is 38.5. The summed E-state index contributed by atoms with van der Waals surface area (Å²) in [4.78, 5) is 2.50. The predicted molar refractivity (Wildman–Crippen MR) is 275 cm³/mol. The van der Waals surface area contributed by atoms with Crippen molar-refractivity contribution in [1.29, 1.82) is 0 Å². The molecule has 0 aliphatic heterocycles. The molecule has 65 heavy (non-hydrogen) atoms. The van der Waals surface area contributed by atoms with Crippen LogP contribution in [0, 0.1) is 0 Å². The molecule has 1 aliphatic carbocycles. The summed E-state index contributed by atoms with van der Waals surface area (Å²) in [6, 6.07) is 89.0. The Kier molecular flexibility index (Phi) is 9.21. The monoisotopic (exact) mass is 830 g/mol. The lowest BCUT2D eigenvalue weighted by molar-refractivity contribution is 0.660. The van der Waals surface area contributed by atoms with Gasteiger partial charge in [-0.15, -0.1) is 0 Å². The summed E-state index contributed by atoms with van der Waals surface area (Å²) in [5.41, 5.74) is 21.6. The SMILES string of the molecule is CC1(C)c2ccccc2-c2c(-c3cccc(N(c4ccc5c(c4)c4ccccc4n5-c4ccccc4)c4cccc(-c5ccccc5)c4-c4ccccc4-c4ccccc4)c3)cccc21. The first-order valence-electron chi connectivity index (χ1n) is 22.6. The Morgan fingerprint density at radius 3 is 1.63 bits per heavy atom. The molecular formula is C63H46N2. The van der Waals surface area contributed by atoms with Gasteiger partial charge in [-0.2, -0.15) is 0 Å². The Hall–Kier alpha value is -8.20. The lowest BCUT2D eigenvalue weighted by Crippen LogP contribution is -2.14. The fourth-order valence-electron chi connectivity index (χ4n) is 10.6. The summed E-state index contributed by atoms with van der Waals surface area (Å²) in [5, 5.41) is 2.42. The van der Waals surface area contributed by atoms with Crippen molar-refractivity contribution in [2.75, 3.05) is 4.90 Å². The second-order valence-corrected chi connectivity index (χ2v) is 17.7. The fourth-order valence-corrected chi connectivity index (χ4v) is 10.6. The van der Waals surface area contributed by atoms with E-state index in [4.69, 9.17) is 0 Å². The molecule has 0 spiro atoms. The van der Waals surface area contributed by atoms with Crippen molar-refractivity contribution in [3.8, 4) is 61.3 Å². The van der Waals surface area contributed by atoms with E-state index in [9.17, 15) is 0 Å². The van der Waals surface area contributed by atoms with Gasteiger partial charge in [0, 0.05) is 38.8 Å². The molecule has 0 saturated heterocycles. The van der Waals surface area contributed by atoms with Crippen LogP contribution in [-0.4, -0.2) is 4.57 Å². The molecule has 0 radical (unpaired) electrons. The Morgan fingerprint density at radius 1 is 0.338 bits per heavy atom. The van der Waals surface area contributed by atoms with E-state index in [1.807, 2.05) is 0 Å². The highest BCUT2D eigenvalue weighted by atomic mass is 15.1. The topological polar surface area (TPSA) is 8.17 Å². The maximum atomic E-state index is 2.50. The van der Waals surface area contributed by atoms with Crippen LogP contribution in [0.2, 0.25) is 0 Å². The first-order chi connectivity index (χ1) is 32.0. The molecule has 0 amide bonds. The molecule has 0 bridgehead atoms. The van der Waals surface area contributed by atoms with Crippen molar-refractivity contribution in [1.82, 2.24) is 4.57 Å². The molecule has 0 unspecified atom stereocenters. The summed E-state index contributed by atoms with van der Waals surface area (Å²) >= 11 is 0. The Balaban J connectivity index is 1.15. The van der Waals surface area contributed by atoms with Crippen LogP contribution in [0.15, 0.2) is 243 Å². The van der Waals surface area contributed by atoms with Crippen LogP contribution >= 0.6 is 0 Å². The van der Waals surface area contributed by atoms with Crippen LogP contribution in [0.5, 0.6) is 0 Å². The van der Waals surface area contributed by atoms with E-state index in [0.29, 0.717) is 0 Å². The molecule has 12 rings (SSSR count). The highest BCUT2D eigenvalue weighted by Crippen LogP contribution is 2.53. The van der Waals surface area contributed by atoms with Crippen molar-refractivity contribution in [2.45, 2.75) is 19.3 Å². The average Bonchev–Trinajstić information content (AvgIpc) is 3.83. The van der Waals surface area contributed by atoms with Gasteiger partial charge in [-0.25, -0.2) is 0 Å². The van der Waals surface area contributed by atoms with Gasteiger partial charge >= 0.3 is 0 Å². The molecule has 11 aromatic rings.